The summed E-state index contributed by atoms with van der Waals surface area (Å²) in [5, 5.41) is -5.42. The summed E-state index contributed by atoms with van der Waals surface area (Å²) in [5.74, 6) is 0. The Morgan fingerprint density at radius 3 is 1.81 bits per heavy atom. The fourth-order valence-electron chi connectivity index (χ4n) is 2.30. The highest BCUT2D eigenvalue weighted by atomic mass is 32.2. The van der Waals surface area contributed by atoms with Crippen LogP contribution in [0.2, 0.25) is 0 Å². The Morgan fingerprint density at radius 2 is 1.48 bits per heavy atom. The van der Waals surface area contributed by atoms with E-state index in [0.717, 1.165) is 9.80 Å². The van der Waals surface area contributed by atoms with Gasteiger partial charge in [-0.05, 0) is 0 Å². The Balaban J connectivity index is 3.15. The minimum absolute atomic E-state index is 0.302. The maximum absolute atomic E-state index is 14.0. The molecule has 1 unspecified atom stereocenters. The molecule has 2 amide bonds. The molecule has 1 heterocycles. The van der Waals surface area contributed by atoms with Crippen LogP contribution in [0.5, 0.6) is 0 Å². The number of hydrogen-bond donors (Lipinski definition) is 0. The van der Waals surface area contributed by atoms with Gasteiger partial charge in [0.2, 0.25) is 6.10 Å². The molecular weight excluding hydrogens is 411 g/mol. The summed E-state index contributed by atoms with van der Waals surface area (Å²) in [4.78, 5) is 13.9. The molecule has 0 bridgehead atoms. The van der Waals surface area contributed by atoms with E-state index in [0.29, 0.717) is 7.11 Å². The molecule has 160 valence electrons. The second-order valence-electron chi connectivity index (χ2n) is 5.43. The molecule has 15 heteroatoms. The van der Waals surface area contributed by atoms with Gasteiger partial charge in [0.15, 0.2) is 0 Å². The summed E-state index contributed by atoms with van der Waals surface area (Å²) in [6.45, 7) is -1.80. The van der Waals surface area contributed by atoms with Gasteiger partial charge >= 0.3 is 27.6 Å². The molecule has 1 aliphatic rings. The molecule has 0 aromatic rings. The number of ether oxygens (including phenoxy) is 3. The lowest BCUT2D eigenvalue weighted by molar-refractivity contribution is -0.279. The number of nitrogens with zero attached hydrogens (tertiary/aromatic N) is 2. The van der Waals surface area contributed by atoms with Crippen molar-refractivity contribution in [3.8, 4) is 0 Å². The average Bonchev–Trinajstić information content (AvgIpc) is 2.55. The Hall–Kier alpha value is -1.29. The van der Waals surface area contributed by atoms with E-state index in [2.05, 4.69) is 8.92 Å². The lowest BCUT2D eigenvalue weighted by Gasteiger charge is -2.41. The van der Waals surface area contributed by atoms with Crippen LogP contribution in [-0.4, -0.2) is 95.8 Å². The normalized spacial score (nSPS) is 18.9. The van der Waals surface area contributed by atoms with Crippen molar-refractivity contribution in [1.29, 1.82) is 0 Å². The van der Waals surface area contributed by atoms with Gasteiger partial charge in [-0.3, -0.25) is 14.0 Å². The number of rotatable bonds is 9. The maximum Gasteiger partial charge on any atom is 0.421 e. The van der Waals surface area contributed by atoms with Crippen molar-refractivity contribution >= 4 is 16.1 Å². The van der Waals surface area contributed by atoms with Gasteiger partial charge in [-0.25, -0.2) is 4.79 Å². The maximum atomic E-state index is 14.0. The first-order valence-electron chi connectivity index (χ1n) is 7.23. The standard InChI is InChI=1S/C12H19F5N2O7S/c1-23-6-18-4-8(5-19(7-24-2)10(18)20)26-9(11(13,14)15)12(16,17)27(21,22)25-3/h8-9H,4-7H2,1-3H3. The first-order chi connectivity index (χ1) is 12.3. The SMILES string of the molecule is COCN1CC(OC(C(F)(F)F)C(F)(F)S(=O)(=O)OC)CN(COC)C1=O. The third kappa shape index (κ3) is 5.37. The van der Waals surface area contributed by atoms with E-state index >= 15 is 0 Å². The minimum Gasteiger partial charge on any atom is -0.364 e. The summed E-state index contributed by atoms with van der Waals surface area (Å²) in [7, 11) is -3.20. The van der Waals surface area contributed by atoms with E-state index in [9.17, 15) is 35.2 Å². The molecular formula is C12H19F5N2O7S. The number of carbonyl (C=O) groups excluding carboxylic acids is 1. The Bertz CT molecular complexity index is 598. The van der Waals surface area contributed by atoms with Gasteiger partial charge in [-0.1, -0.05) is 0 Å². The van der Waals surface area contributed by atoms with Gasteiger partial charge in [-0.2, -0.15) is 30.4 Å². The fraction of sp³-hybridized carbons (Fsp3) is 0.917. The zero-order chi connectivity index (χ0) is 21.0. The van der Waals surface area contributed by atoms with Crippen molar-refractivity contribution in [3.05, 3.63) is 0 Å². The average molecular weight is 430 g/mol. The molecule has 1 atom stereocenters. The lowest BCUT2D eigenvalue weighted by Crippen LogP contribution is -2.60. The number of hydrogen-bond acceptors (Lipinski definition) is 7. The van der Waals surface area contributed by atoms with Crippen molar-refractivity contribution in [2.45, 2.75) is 23.6 Å². The van der Waals surface area contributed by atoms with Gasteiger partial charge in [0.1, 0.15) is 13.5 Å². The number of methoxy groups -OCH3 is 2. The van der Waals surface area contributed by atoms with E-state index in [1.165, 1.54) is 14.2 Å². The molecule has 0 aromatic heterocycles. The number of urea groups is 1. The fourth-order valence-corrected chi connectivity index (χ4v) is 2.97. The summed E-state index contributed by atoms with van der Waals surface area (Å²) in [6.07, 6.45) is -11.4. The van der Waals surface area contributed by atoms with Crippen molar-refractivity contribution < 1.29 is 53.6 Å². The molecule has 0 saturated carbocycles. The number of alkyl halides is 5. The molecule has 27 heavy (non-hydrogen) atoms. The summed E-state index contributed by atoms with van der Waals surface area (Å²) >= 11 is 0. The molecule has 0 radical (unpaired) electrons. The molecule has 0 aromatic carbocycles. The molecule has 0 N–H and O–H groups in total. The van der Waals surface area contributed by atoms with Crippen molar-refractivity contribution in [3.63, 3.8) is 0 Å². The summed E-state index contributed by atoms with van der Waals surface area (Å²) in [5.41, 5.74) is 0. The van der Waals surface area contributed by atoms with Crippen LogP contribution in [-0.2, 0) is 28.5 Å². The Labute approximate surface area is 152 Å². The molecule has 0 aliphatic carbocycles. The zero-order valence-corrected chi connectivity index (χ0v) is 15.3. The van der Waals surface area contributed by atoms with Crippen LogP contribution in [0.25, 0.3) is 0 Å². The number of carbonyl (C=O) groups is 1. The molecule has 0 spiro atoms. The smallest absolute Gasteiger partial charge is 0.364 e. The Morgan fingerprint density at radius 1 is 1.04 bits per heavy atom. The highest BCUT2D eigenvalue weighted by molar-refractivity contribution is 7.87. The lowest BCUT2D eigenvalue weighted by atomic mass is 10.2. The molecule has 9 nitrogen and oxygen atoms in total. The van der Waals surface area contributed by atoms with Crippen LogP contribution in [0.1, 0.15) is 0 Å². The first kappa shape index (κ1) is 23.7. The first-order valence-corrected chi connectivity index (χ1v) is 8.64. The quantitative estimate of drug-likeness (QED) is 0.395. The molecule has 1 fully saturated rings. The van der Waals surface area contributed by atoms with Crippen LogP contribution < -0.4 is 0 Å². The van der Waals surface area contributed by atoms with E-state index in [-0.39, 0.29) is 13.5 Å². The van der Waals surface area contributed by atoms with Crippen LogP contribution in [0.4, 0.5) is 26.7 Å². The molecule has 1 aliphatic heterocycles. The van der Waals surface area contributed by atoms with E-state index in [1.54, 1.807) is 0 Å². The van der Waals surface area contributed by atoms with Gasteiger partial charge in [0, 0.05) is 14.2 Å². The highest BCUT2D eigenvalue weighted by Crippen LogP contribution is 2.40. The molecule has 1 saturated heterocycles. The largest absolute Gasteiger partial charge is 0.421 e. The van der Waals surface area contributed by atoms with Gasteiger partial charge in [-0.15, -0.1) is 0 Å². The second kappa shape index (κ2) is 8.81. The van der Waals surface area contributed by atoms with Gasteiger partial charge < -0.3 is 14.2 Å². The monoisotopic (exact) mass is 430 g/mol. The second-order valence-corrected chi connectivity index (χ2v) is 7.21. The predicted molar refractivity (Wildman–Crippen MR) is 78.2 cm³/mol. The van der Waals surface area contributed by atoms with Crippen LogP contribution in [0, 0.1) is 0 Å². The van der Waals surface area contributed by atoms with Crippen molar-refractivity contribution in [1.82, 2.24) is 9.80 Å². The van der Waals surface area contributed by atoms with E-state index in [1.807, 2.05) is 0 Å². The third-order valence-electron chi connectivity index (χ3n) is 3.44. The van der Waals surface area contributed by atoms with E-state index < -0.39 is 52.9 Å². The number of halogens is 5. The van der Waals surface area contributed by atoms with Crippen LogP contribution in [0.3, 0.4) is 0 Å². The predicted octanol–water partition coefficient (Wildman–Crippen LogP) is 0.817. The van der Waals surface area contributed by atoms with E-state index in [4.69, 9.17) is 9.47 Å². The van der Waals surface area contributed by atoms with Crippen molar-refractivity contribution in [2.75, 3.05) is 47.9 Å². The summed E-state index contributed by atoms with van der Waals surface area (Å²) < 4.78 is 107. The minimum atomic E-state index is -5.91. The Kier molecular flexibility index (Phi) is 7.75. The third-order valence-corrected chi connectivity index (χ3v) is 4.76. The molecule has 1 rings (SSSR count). The highest BCUT2D eigenvalue weighted by Gasteiger charge is 2.65. The zero-order valence-electron chi connectivity index (χ0n) is 14.5. The summed E-state index contributed by atoms with van der Waals surface area (Å²) in [6, 6.07) is -0.682. The van der Waals surface area contributed by atoms with Crippen LogP contribution >= 0.6 is 0 Å². The van der Waals surface area contributed by atoms with Gasteiger partial charge in [0.05, 0.1) is 26.3 Å². The van der Waals surface area contributed by atoms with Crippen LogP contribution in [0.15, 0.2) is 0 Å². The topological polar surface area (TPSA) is 94.6 Å². The van der Waals surface area contributed by atoms with Gasteiger partial charge in [0.25, 0.3) is 0 Å². The van der Waals surface area contributed by atoms with Crippen molar-refractivity contribution in [2.24, 2.45) is 0 Å². The number of amides is 2.